The van der Waals surface area contributed by atoms with Gasteiger partial charge in [-0.2, -0.15) is 5.26 Å². The number of nitrogens with zero attached hydrogens (tertiary/aromatic N) is 1. The minimum atomic E-state index is -0.354. The number of hydrogen-bond acceptors (Lipinski definition) is 2. The Kier molecular flexibility index (Phi) is 2.70. The zero-order valence-corrected chi connectivity index (χ0v) is 6.08. The topological polar surface area (TPSA) is 44.0 Å². The third-order valence-electron chi connectivity index (χ3n) is 2.15. The Labute approximate surface area is 61.5 Å². The van der Waals surface area contributed by atoms with Gasteiger partial charge in [-0.3, -0.25) is 0 Å². The maximum Gasteiger partial charge on any atom is 0.0722 e. The van der Waals surface area contributed by atoms with E-state index in [0.717, 1.165) is 25.7 Å². The molecule has 56 valence electrons. The Bertz CT molecular complexity index is 139. The molecule has 2 atom stereocenters. The maximum absolute atomic E-state index is 9.33. The molecule has 0 aromatic rings. The van der Waals surface area contributed by atoms with E-state index in [2.05, 4.69) is 6.07 Å². The molecule has 1 aliphatic rings. The van der Waals surface area contributed by atoms with Gasteiger partial charge in [-0.15, -0.1) is 0 Å². The summed E-state index contributed by atoms with van der Waals surface area (Å²) in [6, 6.07) is 2.14. The van der Waals surface area contributed by atoms with Crippen LogP contribution in [0, 0.1) is 17.2 Å². The predicted molar refractivity (Wildman–Crippen MR) is 38.2 cm³/mol. The molecule has 0 spiro atoms. The van der Waals surface area contributed by atoms with E-state index in [1.165, 1.54) is 6.42 Å². The van der Waals surface area contributed by atoms with Crippen LogP contribution in [0.1, 0.15) is 32.1 Å². The van der Waals surface area contributed by atoms with Crippen LogP contribution in [0.25, 0.3) is 0 Å². The Hall–Kier alpha value is -0.550. The Morgan fingerprint density at radius 3 is 2.60 bits per heavy atom. The summed E-state index contributed by atoms with van der Waals surface area (Å²) >= 11 is 0. The van der Waals surface area contributed by atoms with E-state index >= 15 is 0 Å². The van der Waals surface area contributed by atoms with Gasteiger partial charge in [0.1, 0.15) is 0 Å². The molecule has 0 amide bonds. The number of aliphatic hydroxyl groups excluding tert-OH is 1. The van der Waals surface area contributed by atoms with Gasteiger partial charge >= 0.3 is 0 Å². The first-order chi connectivity index (χ1) is 4.84. The average molecular weight is 139 g/mol. The second-order valence-electron chi connectivity index (χ2n) is 2.94. The molecular formula is C8H13NO. The van der Waals surface area contributed by atoms with Crippen LogP contribution in [0.15, 0.2) is 0 Å². The highest BCUT2D eigenvalue weighted by Gasteiger charge is 2.20. The average Bonchev–Trinajstić information content (AvgIpc) is 2.13. The van der Waals surface area contributed by atoms with Crippen molar-refractivity contribution in [1.29, 1.82) is 5.26 Å². The van der Waals surface area contributed by atoms with E-state index < -0.39 is 0 Å². The van der Waals surface area contributed by atoms with Crippen LogP contribution >= 0.6 is 0 Å². The highest BCUT2D eigenvalue weighted by atomic mass is 16.3. The summed E-state index contributed by atoms with van der Waals surface area (Å²) in [7, 11) is 0. The van der Waals surface area contributed by atoms with E-state index in [1.54, 1.807) is 0 Å². The first kappa shape index (κ1) is 7.56. The van der Waals surface area contributed by atoms with Crippen molar-refractivity contribution < 1.29 is 5.11 Å². The third-order valence-corrected chi connectivity index (χ3v) is 2.15. The first-order valence-electron chi connectivity index (χ1n) is 3.92. The molecule has 2 heteroatoms. The maximum atomic E-state index is 9.33. The van der Waals surface area contributed by atoms with E-state index in [9.17, 15) is 5.11 Å². The Balaban J connectivity index is 2.45. The van der Waals surface area contributed by atoms with Crippen molar-refractivity contribution in [2.45, 2.75) is 38.2 Å². The number of rotatable bonds is 0. The van der Waals surface area contributed by atoms with Crippen LogP contribution in [0.4, 0.5) is 0 Å². The minimum Gasteiger partial charge on any atom is -0.392 e. The normalized spacial score (nSPS) is 34.4. The molecule has 0 bridgehead atoms. The molecule has 0 saturated heterocycles. The van der Waals surface area contributed by atoms with Crippen LogP contribution < -0.4 is 0 Å². The van der Waals surface area contributed by atoms with Crippen molar-refractivity contribution >= 4 is 0 Å². The highest BCUT2D eigenvalue weighted by Crippen LogP contribution is 2.22. The van der Waals surface area contributed by atoms with Crippen molar-refractivity contribution in [3.05, 3.63) is 0 Å². The van der Waals surface area contributed by atoms with Gasteiger partial charge < -0.3 is 5.11 Å². The molecule has 10 heavy (non-hydrogen) atoms. The molecular weight excluding hydrogens is 126 g/mol. The first-order valence-corrected chi connectivity index (χ1v) is 3.92. The summed E-state index contributed by atoms with van der Waals surface area (Å²) in [5.74, 6) is -0.0949. The lowest BCUT2D eigenvalue weighted by atomic mass is 10.00. The molecule has 0 aliphatic heterocycles. The Morgan fingerprint density at radius 2 is 1.90 bits per heavy atom. The zero-order chi connectivity index (χ0) is 7.40. The second kappa shape index (κ2) is 3.58. The fourth-order valence-corrected chi connectivity index (χ4v) is 1.44. The number of aliphatic hydroxyl groups is 1. The van der Waals surface area contributed by atoms with Gasteiger partial charge in [0.2, 0.25) is 0 Å². The molecule has 2 nitrogen and oxygen atoms in total. The molecule has 1 N–H and O–H groups in total. The molecule has 0 radical (unpaired) electrons. The van der Waals surface area contributed by atoms with Gasteiger partial charge in [-0.05, 0) is 12.8 Å². The molecule has 1 rings (SSSR count). The van der Waals surface area contributed by atoms with Crippen molar-refractivity contribution in [3.8, 4) is 6.07 Å². The SMILES string of the molecule is N#C[C@@H]1CCCCC[C@H]1O. The van der Waals surface area contributed by atoms with E-state index in [0.29, 0.717) is 0 Å². The molecule has 0 unspecified atom stereocenters. The lowest BCUT2D eigenvalue weighted by molar-refractivity contribution is 0.126. The van der Waals surface area contributed by atoms with Gasteiger partial charge in [-0.1, -0.05) is 19.3 Å². The molecule has 1 saturated carbocycles. The van der Waals surface area contributed by atoms with Gasteiger partial charge in [0.25, 0.3) is 0 Å². The van der Waals surface area contributed by atoms with Gasteiger partial charge in [0, 0.05) is 0 Å². The molecule has 0 aromatic heterocycles. The van der Waals surface area contributed by atoms with E-state index in [1.807, 2.05) is 0 Å². The van der Waals surface area contributed by atoms with Crippen molar-refractivity contribution in [1.82, 2.24) is 0 Å². The fraction of sp³-hybridized carbons (Fsp3) is 0.875. The summed E-state index contributed by atoms with van der Waals surface area (Å²) in [5.41, 5.74) is 0. The van der Waals surface area contributed by atoms with Crippen molar-refractivity contribution in [2.75, 3.05) is 0 Å². The second-order valence-corrected chi connectivity index (χ2v) is 2.94. The van der Waals surface area contributed by atoms with Gasteiger partial charge in [-0.25, -0.2) is 0 Å². The zero-order valence-electron chi connectivity index (χ0n) is 6.08. The van der Waals surface area contributed by atoms with Gasteiger partial charge in [0.15, 0.2) is 0 Å². The Morgan fingerprint density at radius 1 is 1.20 bits per heavy atom. The lowest BCUT2D eigenvalue weighted by Gasteiger charge is -2.10. The summed E-state index contributed by atoms with van der Waals surface area (Å²) in [6.07, 6.45) is 4.72. The smallest absolute Gasteiger partial charge is 0.0722 e. The number of nitriles is 1. The summed E-state index contributed by atoms with van der Waals surface area (Å²) < 4.78 is 0. The lowest BCUT2D eigenvalue weighted by Crippen LogP contribution is -2.16. The summed E-state index contributed by atoms with van der Waals surface area (Å²) in [5, 5.41) is 17.9. The minimum absolute atomic E-state index is 0.0949. The molecule has 1 aliphatic carbocycles. The van der Waals surface area contributed by atoms with Crippen LogP contribution in [0.2, 0.25) is 0 Å². The van der Waals surface area contributed by atoms with E-state index in [-0.39, 0.29) is 12.0 Å². The predicted octanol–water partition coefficient (Wildman–Crippen LogP) is 1.45. The monoisotopic (exact) mass is 139 g/mol. The van der Waals surface area contributed by atoms with Crippen molar-refractivity contribution in [2.24, 2.45) is 5.92 Å². The quantitative estimate of drug-likeness (QED) is 0.516. The fourth-order valence-electron chi connectivity index (χ4n) is 1.44. The largest absolute Gasteiger partial charge is 0.392 e. The summed E-state index contributed by atoms with van der Waals surface area (Å²) in [4.78, 5) is 0. The van der Waals surface area contributed by atoms with Crippen LogP contribution in [0.5, 0.6) is 0 Å². The molecule has 1 fully saturated rings. The molecule has 0 aromatic carbocycles. The summed E-state index contributed by atoms with van der Waals surface area (Å²) in [6.45, 7) is 0. The highest BCUT2D eigenvalue weighted by molar-refractivity contribution is 4.89. The molecule has 0 heterocycles. The standard InChI is InChI=1S/C8H13NO/c9-6-7-4-2-1-3-5-8(7)10/h7-8,10H,1-5H2/t7-,8+/m0/s1. The third kappa shape index (κ3) is 1.71. The van der Waals surface area contributed by atoms with Crippen molar-refractivity contribution in [3.63, 3.8) is 0 Å². The van der Waals surface area contributed by atoms with Crippen LogP contribution in [-0.4, -0.2) is 11.2 Å². The van der Waals surface area contributed by atoms with E-state index in [4.69, 9.17) is 5.26 Å². The van der Waals surface area contributed by atoms with Crippen LogP contribution in [0.3, 0.4) is 0 Å². The van der Waals surface area contributed by atoms with Gasteiger partial charge in [0.05, 0.1) is 18.1 Å². The number of hydrogen-bond donors (Lipinski definition) is 1. The van der Waals surface area contributed by atoms with Crippen LogP contribution in [-0.2, 0) is 0 Å².